The van der Waals surface area contributed by atoms with Crippen LogP contribution in [0.5, 0.6) is 0 Å². The Kier molecular flexibility index (Phi) is 4.76. The Morgan fingerprint density at radius 2 is 2.06 bits per heavy atom. The van der Waals surface area contributed by atoms with E-state index < -0.39 is 0 Å². The summed E-state index contributed by atoms with van der Waals surface area (Å²) in [6, 6.07) is 4.09. The monoisotopic (exact) mass is 245 g/mol. The van der Waals surface area contributed by atoms with Crippen LogP contribution >= 0.6 is 0 Å². The molecule has 0 spiro atoms. The SMILES string of the molecule is CCCCCCCn1cc(CN)c2cccnc21. The largest absolute Gasteiger partial charge is 0.332 e. The van der Waals surface area contributed by atoms with Gasteiger partial charge in [-0.1, -0.05) is 32.6 Å². The van der Waals surface area contributed by atoms with E-state index in [0.29, 0.717) is 6.54 Å². The van der Waals surface area contributed by atoms with E-state index in [1.54, 1.807) is 0 Å². The van der Waals surface area contributed by atoms with Gasteiger partial charge in [0.25, 0.3) is 0 Å². The van der Waals surface area contributed by atoms with E-state index in [1.807, 2.05) is 12.3 Å². The molecule has 0 bridgehead atoms. The molecule has 0 aromatic carbocycles. The summed E-state index contributed by atoms with van der Waals surface area (Å²) in [6.45, 7) is 3.89. The summed E-state index contributed by atoms with van der Waals surface area (Å²) in [5.74, 6) is 0. The predicted octanol–water partition coefficient (Wildman–Crippen LogP) is 3.47. The Hall–Kier alpha value is -1.35. The molecule has 2 rings (SSSR count). The minimum atomic E-state index is 0.588. The molecule has 2 aromatic rings. The maximum atomic E-state index is 5.78. The first kappa shape index (κ1) is 13.1. The fraction of sp³-hybridized carbons (Fsp3) is 0.533. The highest BCUT2D eigenvalue weighted by Crippen LogP contribution is 2.19. The zero-order chi connectivity index (χ0) is 12.8. The lowest BCUT2D eigenvalue weighted by Crippen LogP contribution is -1.98. The predicted molar refractivity (Wildman–Crippen MR) is 76.4 cm³/mol. The van der Waals surface area contributed by atoms with Gasteiger partial charge in [0.15, 0.2) is 0 Å². The van der Waals surface area contributed by atoms with Gasteiger partial charge in [0, 0.05) is 30.9 Å². The zero-order valence-electron chi connectivity index (χ0n) is 11.2. The van der Waals surface area contributed by atoms with Crippen molar-refractivity contribution in [2.75, 3.05) is 0 Å². The van der Waals surface area contributed by atoms with Crippen molar-refractivity contribution in [3.63, 3.8) is 0 Å². The van der Waals surface area contributed by atoms with Gasteiger partial charge in [-0.3, -0.25) is 0 Å². The summed E-state index contributed by atoms with van der Waals surface area (Å²) < 4.78 is 2.25. The molecule has 0 atom stereocenters. The molecule has 0 fully saturated rings. The first-order valence-corrected chi connectivity index (χ1v) is 6.99. The third-order valence-corrected chi connectivity index (χ3v) is 3.44. The Bertz CT molecular complexity index is 487. The zero-order valence-corrected chi connectivity index (χ0v) is 11.2. The van der Waals surface area contributed by atoms with Crippen molar-refractivity contribution in [3.05, 3.63) is 30.1 Å². The van der Waals surface area contributed by atoms with Crippen molar-refractivity contribution in [2.24, 2.45) is 5.73 Å². The first-order valence-electron chi connectivity index (χ1n) is 6.99. The number of nitrogens with two attached hydrogens (primary N) is 1. The lowest BCUT2D eigenvalue weighted by molar-refractivity contribution is 0.575. The van der Waals surface area contributed by atoms with Crippen molar-refractivity contribution in [1.82, 2.24) is 9.55 Å². The van der Waals surface area contributed by atoms with Gasteiger partial charge >= 0.3 is 0 Å². The molecule has 3 heteroatoms. The second kappa shape index (κ2) is 6.55. The molecule has 2 aromatic heterocycles. The molecule has 0 aliphatic rings. The molecule has 0 aliphatic carbocycles. The van der Waals surface area contributed by atoms with Crippen molar-refractivity contribution < 1.29 is 0 Å². The molecule has 98 valence electrons. The number of aryl methyl sites for hydroxylation is 1. The number of nitrogens with zero attached hydrogens (tertiary/aromatic N) is 2. The van der Waals surface area contributed by atoms with Crippen molar-refractivity contribution >= 4 is 11.0 Å². The van der Waals surface area contributed by atoms with Crippen LogP contribution in [0, 0.1) is 0 Å². The van der Waals surface area contributed by atoms with Gasteiger partial charge in [0.2, 0.25) is 0 Å². The number of rotatable bonds is 7. The average Bonchev–Trinajstić information content (AvgIpc) is 2.77. The first-order chi connectivity index (χ1) is 8.86. The van der Waals surface area contributed by atoms with E-state index in [0.717, 1.165) is 12.2 Å². The lowest BCUT2D eigenvalue weighted by Gasteiger charge is -2.04. The highest BCUT2D eigenvalue weighted by Gasteiger charge is 2.07. The molecule has 0 amide bonds. The third kappa shape index (κ3) is 2.91. The fourth-order valence-electron chi connectivity index (χ4n) is 2.41. The lowest BCUT2D eigenvalue weighted by atomic mass is 10.1. The maximum absolute atomic E-state index is 5.78. The minimum absolute atomic E-state index is 0.588. The molecule has 0 aliphatic heterocycles. The quantitative estimate of drug-likeness (QED) is 0.759. The molecular weight excluding hydrogens is 222 g/mol. The van der Waals surface area contributed by atoms with Crippen molar-refractivity contribution in [1.29, 1.82) is 0 Å². The molecule has 0 saturated carbocycles. The van der Waals surface area contributed by atoms with Gasteiger partial charge in [-0.15, -0.1) is 0 Å². The molecule has 2 N–H and O–H groups in total. The summed E-state index contributed by atoms with van der Waals surface area (Å²) in [7, 11) is 0. The van der Waals surface area contributed by atoms with E-state index in [-0.39, 0.29) is 0 Å². The summed E-state index contributed by atoms with van der Waals surface area (Å²) >= 11 is 0. The van der Waals surface area contributed by atoms with Gasteiger partial charge < -0.3 is 10.3 Å². The number of aromatic nitrogens is 2. The highest BCUT2D eigenvalue weighted by atomic mass is 15.0. The summed E-state index contributed by atoms with van der Waals surface area (Å²) in [5, 5.41) is 1.20. The minimum Gasteiger partial charge on any atom is -0.332 e. The van der Waals surface area contributed by atoms with Crippen LogP contribution in [0.1, 0.15) is 44.6 Å². The van der Waals surface area contributed by atoms with E-state index in [2.05, 4.69) is 28.7 Å². The van der Waals surface area contributed by atoms with Crippen LogP contribution in [0.15, 0.2) is 24.5 Å². The number of pyridine rings is 1. The second-order valence-electron chi connectivity index (χ2n) is 4.84. The van der Waals surface area contributed by atoms with Crippen LogP contribution in [0.25, 0.3) is 11.0 Å². The standard InChI is InChI=1S/C15H23N3/c1-2-3-4-5-6-10-18-12-13(11-16)14-8-7-9-17-15(14)18/h7-9,12H,2-6,10-11,16H2,1H3. The smallest absolute Gasteiger partial charge is 0.140 e. The summed E-state index contributed by atoms with van der Waals surface area (Å²) in [6.07, 6.45) is 10.5. The topological polar surface area (TPSA) is 43.8 Å². The molecule has 0 saturated heterocycles. The van der Waals surface area contributed by atoms with Crippen LogP contribution in [-0.2, 0) is 13.1 Å². The molecule has 0 unspecified atom stereocenters. The fourth-order valence-corrected chi connectivity index (χ4v) is 2.41. The third-order valence-electron chi connectivity index (χ3n) is 3.44. The van der Waals surface area contributed by atoms with Gasteiger partial charge in [0.1, 0.15) is 5.65 Å². The molecule has 2 heterocycles. The van der Waals surface area contributed by atoms with E-state index in [4.69, 9.17) is 5.73 Å². The molecule has 18 heavy (non-hydrogen) atoms. The van der Waals surface area contributed by atoms with Crippen LogP contribution in [0.4, 0.5) is 0 Å². The number of unbranched alkanes of at least 4 members (excludes halogenated alkanes) is 4. The number of hydrogen-bond acceptors (Lipinski definition) is 2. The Labute approximate surface area is 109 Å². The van der Waals surface area contributed by atoms with Crippen molar-refractivity contribution in [2.45, 2.75) is 52.1 Å². The van der Waals surface area contributed by atoms with Crippen molar-refractivity contribution in [3.8, 4) is 0 Å². The van der Waals surface area contributed by atoms with E-state index in [9.17, 15) is 0 Å². The van der Waals surface area contributed by atoms with Gasteiger partial charge in [-0.25, -0.2) is 4.98 Å². The average molecular weight is 245 g/mol. The summed E-state index contributed by atoms with van der Waals surface area (Å²) in [4.78, 5) is 4.47. The Balaban J connectivity index is 2.04. The van der Waals surface area contributed by atoms with Gasteiger partial charge in [-0.05, 0) is 24.1 Å². The van der Waals surface area contributed by atoms with Crippen LogP contribution in [0.2, 0.25) is 0 Å². The molecular formula is C15H23N3. The van der Waals surface area contributed by atoms with Crippen LogP contribution in [0.3, 0.4) is 0 Å². The molecule has 0 radical (unpaired) electrons. The maximum Gasteiger partial charge on any atom is 0.140 e. The van der Waals surface area contributed by atoms with E-state index >= 15 is 0 Å². The Morgan fingerprint density at radius 1 is 1.22 bits per heavy atom. The van der Waals surface area contributed by atoms with Gasteiger partial charge in [-0.2, -0.15) is 0 Å². The second-order valence-corrected chi connectivity index (χ2v) is 4.84. The number of fused-ring (bicyclic) bond motifs is 1. The highest BCUT2D eigenvalue weighted by molar-refractivity contribution is 5.80. The Morgan fingerprint density at radius 3 is 2.83 bits per heavy atom. The number of hydrogen-bond donors (Lipinski definition) is 1. The van der Waals surface area contributed by atoms with Crippen LogP contribution < -0.4 is 5.73 Å². The van der Waals surface area contributed by atoms with Gasteiger partial charge in [0.05, 0.1) is 0 Å². The molecule has 3 nitrogen and oxygen atoms in total. The van der Waals surface area contributed by atoms with Crippen LogP contribution in [-0.4, -0.2) is 9.55 Å². The summed E-state index contributed by atoms with van der Waals surface area (Å²) in [5.41, 5.74) is 8.06. The van der Waals surface area contributed by atoms with E-state index in [1.165, 1.54) is 43.1 Å². The normalized spacial score (nSPS) is 11.2.